The summed E-state index contributed by atoms with van der Waals surface area (Å²) in [6.07, 6.45) is 7.10. The Hall–Kier alpha value is -3.99. The average molecular weight is 719 g/mol. The number of ether oxygens (including phenoxy) is 2. The molecule has 2 aromatic carbocycles. The highest BCUT2D eigenvalue weighted by atomic mass is 35.5. The number of carbonyl (C=O) groups is 1. The van der Waals surface area contributed by atoms with E-state index in [1.165, 1.54) is 11.8 Å². The Morgan fingerprint density at radius 1 is 1.16 bits per heavy atom. The maximum Gasteiger partial charge on any atom is 0.410 e. The van der Waals surface area contributed by atoms with E-state index in [2.05, 4.69) is 16.4 Å². The summed E-state index contributed by atoms with van der Waals surface area (Å²) in [5.41, 5.74) is 4.16. The lowest BCUT2D eigenvalue weighted by Crippen LogP contribution is -2.48. The number of benzene rings is 2. The Labute approximate surface area is 299 Å². The van der Waals surface area contributed by atoms with Crippen LogP contribution >= 0.6 is 23.4 Å². The number of amides is 1. The molecule has 2 aliphatic rings. The van der Waals surface area contributed by atoms with Crippen LogP contribution in [0.15, 0.2) is 23.4 Å². The number of hydrogen-bond acceptors (Lipinski definition) is 9. The van der Waals surface area contributed by atoms with E-state index >= 15 is 4.39 Å². The van der Waals surface area contributed by atoms with Gasteiger partial charge in [0.25, 0.3) is 0 Å². The average Bonchev–Trinajstić information content (AvgIpc) is 3.71. The summed E-state index contributed by atoms with van der Waals surface area (Å²) in [5.74, 6) is -0.458. The van der Waals surface area contributed by atoms with Crippen LogP contribution in [0.5, 0.6) is 0 Å². The number of nitriles is 1. The third-order valence-corrected chi connectivity index (χ3v) is 10.8. The van der Waals surface area contributed by atoms with E-state index in [4.69, 9.17) is 31.2 Å². The van der Waals surface area contributed by atoms with Gasteiger partial charge >= 0.3 is 6.09 Å². The molecule has 5 heterocycles. The summed E-state index contributed by atoms with van der Waals surface area (Å²) in [4.78, 5) is 19.5. The van der Waals surface area contributed by atoms with Gasteiger partial charge in [0.2, 0.25) is 0 Å². The Morgan fingerprint density at radius 2 is 1.96 bits per heavy atom. The highest BCUT2D eigenvalue weighted by Gasteiger charge is 2.36. The molecule has 3 aromatic heterocycles. The fraction of sp³-hybridized carbons (Fsp3) is 0.500. The summed E-state index contributed by atoms with van der Waals surface area (Å²) < 4.78 is 32.7. The lowest BCUT2D eigenvalue weighted by atomic mass is 9.91. The van der Waals surface area contributed by atoms with Gasteiger partial charge in [0.1, 0.15) is 27.2 Å². The second kappa shape index (κ2) is 13.3. The predicted octanol–water partition coefficient (Wildman–Crippen LogP) is 8.68. The highest BCUT2D eigenvalue weighted by Crippen LogP contribution is 2.44. The van der Waals surface area contributed by atoms with Gasteiger partial charge in [0, 0.05) is 40.1 Å². The van der Waals surface area contributed by atoms with Gasteiger partial charge in [-0.25, -0.2) is 23.5 Å². The number of aryl methyl sites for hydroxylation is 1. The molecule has 0 spiro atoms. The second-order valence-corrected chi connectivity index (χ2v) is 15.4. The topological polar surface area (TPSA) is 124 Å². The SMILES string of the molecule is CSc1nc2c(F)c(-c3c(C)c(Cl)cc4c3cnn4C3CCCCO3)c(C)cc2c2c1nnn2[C@H]1CCN(C(=O)OC(C)(C)C)[C@H](CC#N)C1. The number of hydrogen-bond donors (Lipinski definition) is 0. The minimum atomic E-state index is -0.659. The smallest absolute Gasteiger partial charge is 0.410 e. The van der Waals surface area contributed by atoms with Gasteiger partial charge in [0.05, 0.1) is 36.3 Å². The molecule has 0 N–H and O–H groups in total. The number of pyridine rings is 1. The molecule has 0 radical (unpaired) electrons. The van der Waals surface area contributed by atoms with Crippen LogP contribution in [0.25, 0.3) is 44.0 Å². The first-order valence-corrected chi connectivity index (χ1v) is 18.6. The summed E-state index contributed by atoms with van der Waals surface area (Å²) >= 11 is 8.23. The van der Waals surface area contributed by atoms with Crippen LogP contribution in [-0.2, 0) is 9.47 Å². The molecule has 1 amide bonds. The Morgan fingerprint density at radius 3 is 2.66 bits per heavy atom. The minimum Gasteiger partial charge on any atom is -0.444 e. The molecule has 2 aliphatic heterocycles. The van der Waals surface area contributed by atoms with Crippen LogP contribution in [0, 0.1) is 31.0 Å². The van der Waals surface area contributed by atoms with E-state index in [0.29, 0.717) is 69.2 Å². The Kier molecular flexibility index (Phi) is 9.16. The van der Waals surface area contributed by atoms with E-state index in [1.54, 1.807) is 11.1 Å². The lowest BCUT2D eigenvalue weighted by molar-refractivity contribution is -0.0366. The van der Waals surface area contributed by atoms with Crippen molar-refractivity contribution in [2.45, 2.75) is 102 Å². The maximum absolute atomic E-state index is 17.3. The number of piperidine rings is 1. The van der Waals surface area contributed by atoms with Crippen molar-refractivity contribution in [3.63, 3.8) is 0 Å². The zero-order chi connectivity index (χ0) is 35.5. The van der Waals surface area contributed by atoms with E-state index in [1.807, 2.05) is 62.4 Å². The van der Waals surface area contributed by atoms with Crippen molar-refractivity contribution in [2.75, 3.05) is 19.4 Å². The van der Waals surface area contributed by atoms with Crippen LogP contribution in [0.1, 0.15) is 82.7 Å². The molecule has 0 aliphatic carbocycles. The largest absolute Gasteiger partial charge is 0.444 e. The molecule has 262 valence electrons. The molecule has 2 fully saturated rings. The van der Waals surface area contributed by atoms with Crippen LogP contribution in [-0.4, -0.2) is 71.8 Å². The van der Waals surface area contributed by atoms with E-state index in [9.17, 15) is 10.1 Å². The molecule has 11 nitrogen and oxygen atoms in total. The summed E-state index contributed by atoms with van der Waals surface area (Å²) in [6, 6.07) is 5.51. The zero-order valence-electron chi connectivity index (χ0n) is 29.1. The first kappa shape index (κ1) is 34.5. The fourth-order valence-corrected chi connectivity index (χ4v) is 8.15. The maximum atomic E-state index is 17.3. The predicted molar refractivity (Wildman–Crippen MR) is 192 cm³/mol. The van der Waals surface area contributed by atoms with Crippen molar-refractivity contribution >= 4 is 62.3 Å². The summed E-state index contributed by atoms with van der Waals surface area (Å²) in [7, 11) is 0. The lowest BCUT2D eigenvalue weighted by Gasteiger charge is -2.39. The second-order valence-electron chi connectivity index (χ2n) is 14.2. The zero-order valence-corrected chi connectivity index (χ0v) is 30.7. The van der Waals surface area contributed by atoms with Gasteiger partial charge in [-0.2, -0.15) is 10.4 Å². The van der Waals surface area contributed by atoms with E-state index in [0.717, 1.165) is 35.7 Å². The van der Waals surface area contributed by atoms with Gasteiger partial charge in [-0.1, -0.05) is 16.8 Å². The Balaban J connectivity index is 1.36. The summed E-state index contributed by atoms with van der Waals surface area (Å²) in [5, 5.41) is 26.0. The van der Waals surface area contributed by atoms with E-state index in [-0.39, 0.29) is 30.2 Å². The van der Waals surface area contributed by atoms with Crippen molar-refractivity contribution in [1.82, 2.24) is 34.7 Å². The van der Waals surface area contributed by atoms with Gasteiger partial charge < -0.3 is 14.4 Å². The van der Waals surface area contributed by atoms with Crippen molar-refractivity contribution < 1.29 is 18.7 Å². The number of thioether (sulfide) groups is 1. The molecule has 14 heteroatoms. The monoisotopic (exact) mass is 718 g/mol. The van der Waals surface area contributed by atoms with Crippen LogP contribution in [0.2, 0.25) is 5.02 Å². The molecule has 7 rings (SSSR count). The molecular weight excluding hydrogens is 679 g/mol. The molecule has 5 aromatic rings. The van der Waals surface area contributed by atoms with Crippen LogP contribution in [0.3, 0.4) is 0 Å². The number of likely N-dealkylation sites (tertiary alicyclic amines) is 1. The van der Waals surface area contributed by atoms with Gasteiger partial charge in [-0.05, 0) is 96.2 Å². The third kappa shape index (κ3) is 5.95. The van der Waals surface area contributed by atoms with Crippen LogP contribution < -0.4 is 0 Å². The quantitative estimate of drug-likeness (QED) is 0.164. The Bertz CT molecular complexity index is 2180. The molecule has 2 saturated heterocycles. The third-order valence-electron chi connectivity index (χ3n) is 9.76. The minimum absolute atomic E-state index is 0.148. The van der Waals surface area contributed by atoms with Crippen molar-refractivity contribution in [1.29, 1.82) is 5.26 Å². The molecule has 50 heavy (non-hydrogen) atoms. The standard InChI is InChI=1S/C36H40ClFN8O3S/c1-19-15-23-31(30(38)28(19)29-20(2)25(37)17-26-24(29)18-40-46(26)27-9-7-8-14-48-27)41-34(50-6)32-33(23)45(43-42-32)22-11-13-44(21(16-22)10-12-39)35(47)49-36(3,4)5/h15,17-18,21-22,27H,7-11,13-14,16H2,1-6H3/t21-,22+,27?/m1/s1. The van der Waals surface area contributed by atoms with Crippen molar-refractivity contribution in [2.24, 2.45) is 0 Å². The number of halogens is 2. The first-order valence-electron chi connectivity index (χ1n) is 17.0. The molecule has 1 unspecified atom stereocenters. The number of aromatic nitrogens is 6. The number of nitrogens with zero attached hydrogens (tertiary/aromatic N) is 8. The van der Waals surface area contributed by atoms with Gasteiger partial charge in [-0.15, -0.1) is 16.9 Å². The first-order chi connectivity index (χ1) is 23.9. The van der Waals surface area contributed by atoms with Crippen molar-refractivity contribution in [3.8, 4) is 17.2 Å². The van der Waals surface area contributed by atoms with E-state index < -0.39 is 17.5 Å². The molecular formula is C36H40ClFN8O3S. The fourth-order valence-electron chi connectivity index (χ4n) is 7.44. The number of fused-ring (bicyclic) bond motifs is 4. The highest BCUT2D eigenvalue weighted by molar-refractivity contribution is 7.98. The number of carbonyl (C=O) groups excluding carboxylic acids is 1. The van der Waals surface area contributed by atoms with Gasteiger partial charge in [-0.3, -0.25) is 0 Å². The van der Waals surface area contributed by atoms with Crippen LogP contribution in [0.4, 0.5) is 9.18 Å². The normalized spacial score (nSPS) is 20.1. The molecule has 0 bridgehead atoms. The number of rotatable bonds is 5. The molecule has 0 saturated carbocycles. The summed E-state index contributed by atoms with van der Waals surface area (Å²) in [6.45, 7) is 10.3. The van der Waals surface area contributed by atoms with Crippen molar-refractivity contribution in [3.05, 3.63) is 40.3 Å². The molecule has 3 atom stereocenters. The van der Waals surface area contributed by atoms with Gasteiger partial charge in [0.15, 0.2) is 12.0 Å².